The topological polar surface area (TPSA) is 37.4 Å². The summed E-state index contributed by atoms with van der Waals surface area (Å²) in [5.74, 6) is 0. The van der Waals surface area contributed by atoms with Crippen LogP contribution in [0.25, 0.3) is 0 Å². The highest BCUT2D eigenvalue weighted by atomic mass is 32.1. The van der Waals surface area contributed by atoms with Crippen LogP contribution in [0.1, 0.15) is 30.5 Å². The minimum absolute atomic E-state index is 0.0159. The Morgan fingerprint density at radius 2 is 2.44 bits per heavy atom. The van der Waals surface area contributed by atoms with Crippen LogP contribution in [0.5, 0.6) is 0 Å². The molecule has 0 aliphatic carbocycles. The number of aromatic nitrogens is 1. The molecule has 18 heavy (non-hydrogen) atoms. The molecule has 1 unspecified atom stereocenters. The van der Waals surface area contributed by atoms with Gasteiger partial charge in [-0.25, -0.2) is 4.98 Å². The number of likely N-dealkylation sites (tertiary alicyclic amines) is 1. The number of methoxy groups -OCH3 is 1. The molecule has 2 rings (SSSR count). The number of hydrogen-bond donors (Lipinski definition) is 1. The van der Waals surface area contributed by atoms with Gasteiger partial charge in [-0.1, -0.05) is 0 Å². The normalized spacial score (nSPS) is 25.5. The van der Waals surface area contributed by atoms with Crippen LogP contribution < -0.4 is 5.32 Å². The van der Waals surface area contributed by atoms with E-state index in [1.54, 1.807) is 11.3 Å². The van der Waals surface area contributed by atoms with E-state index in [2.05, 4.69) is 27.5 Å². The second kappa shape index (κ2) is 6.10. The summed E-state index contributed by atoms with van der Waals surface area (Å²) >= 11 is 1.74. The molecular weight excluding hydrogens is 246 g/mol. The largest absolute Gasteiger partial charge is 0.377 e. The molecule has 1 fully saturated rings. The minimum atomic E-state index is 0.0159. The fourth-order valence-electron chi connectivity index (χ4n) is 2.49. The van der Waals surface area contributed by atoms with Crippen LogP contribution in [0, 0.1) is 0 Å². The van der Waals surface area contributed by atoms with E-state index in [9.17, 15) is 0 Å². The Hall–Kier alpha value is -0.490. The van der Waals surface area contributed by atoms with Crippen molar-refractivity contribution >= 4 is 11.3 Å². The van der Waals surface area contributed by atoms with Crippen molar-refractivity contribution in [1.82, 2.24) is 15.2 Å². The Labute approximate surface area is 113 Å². The molecule has 1 saturated heterocycles. The van der Waals surface area contributed by atoms with Gasteiger partial charge >= 0.3 is 0 Å². The molecular formula is C13H23N3OS. The first kappa shape index (κ1) is 13.9. The molecule has 1 N–H and O–H groups in total. The van der Waals surface area contributed by atoms with Gasteiger partial charge in [0, 0.05) is 32.1 Å². The lowest BCUT2D eigenvalue weighted by molar-refractivity contribution is -0.0529. The Morgan fingerprint density at radius 3 is 3.17 bits per heavy atom. The highest BCUT2D eigenvalue weighted by molar-refractivity contribution is 7.09. The van der Waals surface area contributed by atoms with Gasteiger partial charge in [-0.3, -0.25) is 4.90 Å². The summed E-state index contributed by atoms with van der Waals surface area (Å²) in [4.78, 5) is 7.09. The van der Waals surface area contributed by atoms with E-state index < -0.39 is 0 Å². The van der Waals surface area contributed by atoms with E-state index in [1.807, 2.05) is 14.2 Å². The number of thiazole rings is 1. The molecule has 4 nitrogen and oxygen atoms in total. The zero-order valence-corrected chi connectivity index (χ0v) is 12.3. The van der Waals surface area contributed by atoms with Crippen molar-refractivity contribution in [2.24, 2.45) is 0 Å². The van der Waals surface area contributed by atoms with Crippen molar-refractivity contribution < 1.29 is 4.74 Å². The predicted octanol–water partition coefficient (Wildman–Crippen LogP) is 1.86. The summed E-state index contributed by atoms with van der Waals surface area (Å²) in [6.45, 7) is 6.16. The van der Waals surface area contributed by atoms with Crippen LogP contribution >= 0.6 is 11.3 Å². The van der Waals surface area contributed by atoms with Gasteiger partial charge < -0.3 is 10.1 Å². The number of piperidine rings is 1. The lowest BCUT2D eigenvalue weighted by Gasteiger charge is -2.39. The monoisotopic (exact) mass is 269 g/mol. The third-order valence-electron chi connectivity index (χ3n) is 3.54. The molecule has 0 spiro atoms. The first-order chi connectivity index (χ1) is 8.65. The molecule has 0 radical (unpaired) electrons. The van der Waals surface area contributed by atoms with Crippen LogP contribution in [-0.4, -0.2) is 42.7 Å². The van der Waals surface area contributed by atoms with E-state index in [4.69, 9.17) is 4.74 Å². The van der Waals surface area contributed by atoms with Gasteiger partial charge in [-0.2, -0.15) is 0 Å². The van der Waals surface area contributed by atoms with Crippen LogP contribution in [0.15, 0.2) is 5.38 Å². The Kier molecular flexibility index (Phi) is 4.72. The maximum atomic E-state index is 5.62. The van der Waals surface area contributed by atoms with Gasteiger partial charge in [-0.15, -0.1) is 11.3 Å². The molecule has 102 valence electrons. The highest BCUT2D eigenvalue weighted by Crippen LogP contribution is 2.25. The molecule has 0 saturated carbocycles. The van der Waals surface area contributed by atoms with Crippen LogP contribution in [-0.2, 0) is 17.8 Å². The van der Waals surface area contributed by atoms with Crippen molar-refractivity contribution in [3.05, 3.63) is 16.1 Å². The van der Waals surface area contributed by atoms with E-state index in [0.29, 0.717) is 0 Å². The maximum absolute atomic E-state index is 5.62. The third-order valence-corrected chi connectivity index (χ3v) is 4.44. The van der Waals surface area contributed by atoms with E-state index in [1.165, 1.54) is 17.1 Å². The average molecular weight is 269 g/mol. The van der Waals surface area contributed by atoms with Crippen LogP contribution in [0.2, 0.25) is 0 Å². The van der Waals surface area contributed by atoms with Gasteiger partial charge in [0.1, 0.15) is 5.01 Å². The van der Waals surface area contributed by atoms with Gasteiger partial charge in [0.25, 0.3) is 0 Å². The van der Waals surface area contributed by atoms with Crippen molar-refractivity contribution in [2.75, 3.05) is 27.2 Å². The first-order valence-corrected chi connectivity index (χ1v) is 7.38. The molecule has 0 amide bonds. The van der Waals surface area contributed by atoms with Gasteiger partial charge in [0.05, 0.1) is 11.3 Å². The van der Waals surface area contributed by atoms with E-state index in [0.717, 1.165) is 32.6 Å². The van der Waals surface area contributed by atoms with Gasteiger partial charge in [0.2, 0.25) is 0 Å². The molecule has 1 atom stereocenters. The Bertz CT molecular complexity index is 382. The summed E-state index contributed by atoms with van der Waals surface area (Å²) in [6, 6.07) is 0. The first-order valence-electron chi connectivity index (χ1n) is 6.50. The highest BCUT2D eigenvalue weighted by Gasteiger charge is 2.30. The van der Waals surface area contributed by atoms with Gasteiger partial charge in [0.15, 0.2) is 0 Å². The molecule has 1 aromatic heterocycles. The molecule has 0 bridgehead atoms. The summed E-state index contributed by atoms with van der Waals surface area (Å²) < 4.78 is 5.62. The predicted molar refractivity (Wildman–Crippen MR) is 74.8 cm³/mol. The quantitative estimate of drug-likeness (QED) is 0.885. The Balaban J connectivity index is 1.92. The van der Waals surface area contributed by atoms with Crippen LogP contribution in [0.3, 0.4) is 0 Å². The number of hydrogen-bond acceptors (Lipinski definition) is 5. The second-order valence-corrected chi connectivity index (χ2v) is 6.17. The molecule has 0 aromatic carbocycles. The second-order valence-electron chi connectivity index (χ2n) is 5.23. The summed E-state index contributed by atoms with van der Waals surface area (Å²) in [5.41, 5.74) is 1.20. The lowest BCUT2D eigenvalue weighted by Crippen LogP contribution is -2.46. The van der Waals surface area contributed by atoms with Crippen molar-refractivity contribution in [2.45, 2.75) is 38.5 Å². The van der Waals surface area contributed by atoms with E-state index >= 15 is 0 Å². The number of rotatable bonds is 5. The fraction of sp³-hybridized carbons (Fsp3) is 0.769. The number of ether oxygens (including phenoxy) is 1. The summed E-state index contributed by atoms with van der Waals surface area (Å²) in [7, 11) is 3.77. The maximum Gasteiger partial charge on any atom is 0.107 e. The summed E-state index contributed by atoms with van der Waals surface area (Å²) in [5, 5.41) is 6.48. The molecule has 2 heterocycles. The lowest BCUT2D eigenvalue weighted by atomic mass is 9.95. The van der Waals surface area contributed by atoms with Crippen molar-refractivity contribution in [3.8, 4) is 0 Å². The molecule has 1 aliphatic rings. The van der Waals surface area contributed by atoms with Crippen molar-refractivity contribution in [3.63, 3.8) is 0 Å². The zero-order chi connectivity index (χ0) is 13.0. The fourth-order valence-corrected chi connectivity index (χ4v) is 3.29. The summed E-state index contributed by atoms with van der Waals surface area (Å²) in [6.07, 6.45) is 2.36. The van der Waals surface area contributed by atoms with Crippen LogP contribution in [0.4, 0.5) is 0 Å². The zero-order valence-electron chi connectivity index (χ0n) is 11.5. The number of nitrogens with zero attached hydrogens (tertiary/aromatic N) is 2. The van der Waals surface area contributed by atoms with Crippen molar-refractivity contribution in [1.29, 1.82) is 0 Å². The SMILES string of the molecule is CNCc1nc(CN2CCCC(C)(OC)C2)cs1. The number of nitrogens with one attached hydrogen (secondary N) is 1. The Morgan fingerprint density at radius 1 is 1.61 bits per heavy atom. The third kappa shape index (κ3) is 3.51. The molecule has 5 heteroatoms. The average Bonchev–Trinajstić information content (AvgIpc) is 2.77. The van der Waals surface area contributed by atoms with Gasteiger partial charge in [-0.05, 0) is 33.4 Å². The smallest absolute Gasteiger partial charge is 0.107 e. The minimum Gasteiger partial charge on any atom is -0.377 e. The van der Waals surface area contributed by atoms with E-state index in [-0.39, 0.29) is 5.60 Å². The molecule has 1 aliphatic heterocycles. The molecule has 1 aromatic rings. The standard InChI is InChI=1S/C13H23N3OS/c1-13(17-3)5-4-6-16(10-13)8-11-9-18-12(15-11)7-14-2/h9,14H,4-8,10H2,1-3H3.